The Morgan fingerprint density at radius 1 is 1.07 bits per heavy atom. The van der Waals surface area contributed by atoms with Gasteiger partial charge in [-0.1, -0.05) is 11.6 Å². The number of aromatic nitrogens is 1. The van der Waals surface area contributed by atoms with Crippen molar-refractivity contribution in [1.82, 2.24) is 14.6 Å². The third kappa shape index (κ3) is 6.99. The van der Waals surface area contributed by atoms with E-state index in [-0.39, 0.29) is 104 Å². The first-order valence-corrected chi connectivity index (χ1v) is 16.7. The van der Waals surface area contributed by atoms with Crippen LogP contribution >= 0.6 is 11.6 Å². The number of carbonyl (C=O) groups is 2. The molecular weight excluding hydrogens is 616 g/mol. The van der Waals surface area contributed by atoms with Crippen molar-refractivity contribution in [3.63, 3.8) is 0 Å². The highest BCUT2D eigenvalue weighted by Crippen LogP contribution is 2.45. The molecule has 1 saturated carbocycles. The number of pyridine rings is 1. The number of hydrogen-bond donors (Lipinski definition) is 3. The lowest BCUT2D eigenvalue weighted by Crippen LogP contribution is -2.49. The molecular formula is C29H38ClF2N7O4S. The molecule has 0 bridgehead atoms. The molecule has 1 aliphatic carbocycles. The van der Waals surface area contributed by atoms with Crippen LogP contribution in [0, 0.1) is 5.92 Å². The zero-order valence-electron chi connectivity index (χ0n) is 24.3. The summed E-state index contributed by atoms with van der Waals surface area (Å²) in [5.41, 5.74) is 11.6. The minimum Gasteiger partial charge on any atom is -0.354 e. The zero-order valence-corrected chi connectivity index (χ0v) is 25.9. The summed E-state index contributed by atoms with van der Waals surface area (Å²) in [4.78, 5) is 31.7. The summed E-state index contributed by atoms with van der Waals surface area (Å²) in [5.74, 6) is -4.07. The van der Waals surface area contributed by atoms with Crippen LogP contribution in [0.2, 0.25) is 5.15 Å². The number of rotatable bonds is 9. The molecule has 1 aromatic carbocycles. The number of nitrogens with one attached hydrogen (secondary N) is 1. The smallest absolute Gasteiger partial charge is 0.276 e. The second-order valence-electron chi connectivity index (χ2n) is 11.7. The third-order valence-corrected chi connectivity index (χ3v) is 10.8. The zero-order chi connectivity index (χ0) is 31.6. The molecule has 1 aromatic heterocycles. The van der Waals surface area contributed by atoms with E-state index in [0.29, 0.717) is 25.1 Å². The molecule has 11 nitrogen and oxygen atoms in total. The number of hydrogen-bond acceptors (Lipinski definition) is 8. The minimum absolute atomic E-state index is 0.0625. The van der Waals surface area contributed by atoms with Crippen molar-refractivity contribution in [3.05, 3.63) is 47.1 Å². The number of anilines is 2. The number of alkyl halides is 2. The van der Waals surface area contributed by atoms with Gasteiger partial charge in [0.15, 0.2) is 0 Å². The molecule has 0 radical (unpaired) electrons. The van der Waals surface area contributed by atoms with Gasteiger partial charge in [-0.25, -0.2) is 22.2 Å². The van der Waals surface area contributed by atoms with E-state index in [0.717, 1.165) is 0 Å². The molecule has 240 valence electrons. The largest absolute Gasteiger partial charge is 0.354 e. The van der Waals surface area contributed by atoms with Crippen LogP contribution in [0.15, 0.2) is 41.3 Å². The van der Waals surface area contributed by atoms with E-state index in [1.807, 2.05) is 0 Å². The van der Waals surface area contributed by atoms with Crippen LogP contribution in [0.25, 0.3) is 0 Å². The summed E-state index contributed by atoms with van der Waals surface area (Å²) in [5, 5.41) is 2.80. The predicted molar refractivity (Wildman–Crippen MR) is 163 cm³/mol. The first kappa shape index (κ1) is 32.5. The van der Waals surface area contributed by atoms with Gasteiger partial charge in [-0.05, 0) is 62.1 Å². The SMILES string of the molecule is NCCC(=O)N[C@H]1CC[C@@H](C(F)(F)c2cc(Cl)nc(N3CCN(S(=O)(=O)c4ccc(N5C[C@H](N)CC5=O)cc4)CC3)c2)CC1. The van der Waals surface area contributed by atoms with Gasteiger partial charge in [0.05, 0.1) is 4.90 Å². The maximum Gasteiger partial charge on any atom is 0.276 e. The topological polar surface area (TPSA) is 155 Å². The molecule has 2 saturated heterocycles. The van der Waals surface area contributed by atoms with Crippen molar-refractivity contribution in [2.45, 2.75) is 61.4 Å². The molecule has 3 aliphatic rings. The average molecular weight is 654 g/mol. The van der Waals surface area contributed by atoms with Crippen molar-refractivity contribution < 1.29 is 26.8 Å². The fourth-order valence-electron chi connectivity index (χ4n) is 6.19. The Morgan fingerprint density at radius 3 is 2.32 bits per heavy atom. The first-order chi connectivity index (χ1) is 20.9. The second-order valence-corrected chi connectivity index (χ2v) is 14.0. The molecule has 2 amide bonds. The van der Waals surface area contributed by atoms with Gasteiger partial charge in [-0.15, -0.1) is 0 Å². The Balaban J connectivity index is 1.21. The van der Waals surface area contributed by atoms with Gasteiger partial charge in [-0.2, -0.15) is 4.31 Å². The van der Waals surface area contributed by atoms with E-state index in [4.69, 9.17) is 23.1 Å². The van der Waals surface area contributed by atoms with Gasteiger partial charge in [-0.3, -0.25) is 9.59 Å². The molecule has 0 unspecified atom stereocenters. The van der Waals surface area contributed by atoms with Crippen LogP contribution in [0.1, 0.15) is 44.1 Å². The number of nitrogens with two attached hydrogens (primary N) is 2. The maximum absolute atomic E-state index is 15.7. The number of halogens is 3. The van der Waals surface area contributed by atoms with Gasteiger partial charge in [0.25, 0.3) is 5.92 Å². The Morgan fingerprint density at radius 2 is 1.73 bits per heavy atom. The monoisotopic (exact) mass is 653 g/mol. The fraction of sp³-hybridized carbons (Fsp3) is 0.552. The number of piperazine rings is 1. The van der Waals surface area contributed by atoms with Crippen LogP contribution in [-0.2, 0) is 25.5 Å². The number of nitrogens with zero attached hydrogens (tertiary/aromatic N) is 4. The van der Waals surface area contributed by atoms with E-state index in [1.54, 1.807) is 21.9 Å². The summed E-state index contributed by atoms with van der Waals surface area (Å²) in [6, 6.07) is 8.29. The highest BCUT2D eigenvalue weighted by molar-refractivity contribution is 7.89. The third-order valence-electron chi connectivity index (χ3n) is 8.65. The van der Waals surface area contributed by atoms with Gasteiger partial charge in [0, 0.05) is 81.4 Å². The summed E-state index contributed by atoms with van der Waals surface area (Å²) < 4.78 is 59.5. The quantitative estimate of drug-likeness (QED) is 0.349. The molecule has 0 spiro atoms. The molecule has 5 N–H and O–H groups in total. The standard InChI is InChI=1S/C29H38ClF2N7O4S/c30-25-15-20(29(31,32)19-1-3-22(4-2-19)35-27(40)9-10-33)16-26(36-25)37-11-13-38(14-12-37)44(42,43)24-7-5-23(6-8-24)39-18-21(34)17-28(39)41/h5-8,15-16,19,21-22H,1-4,9-14,17-18,33-34H2,(H,35,40)/t19-,21-,22+/m1/s1. The first-order valence-electron chi connectivity index (χ1n) is 14.8. The van der Waals surface area contributed by atoms with Gasteiger partial charge in [0.1, 0.15) is 11.0 Å². The Labute approximate surface area is 260 Å². The molecule has 15 heteroatoms. The van der Waals surface area contributed by atoms with E-state index in [9.17, 15) is 18.0 Å². The summed E-state index contributed by atoms with van der Waals surface area (Å²) >= 11 is 6.22. The lowest BCUT2D eigenvalue weighted by Gasteiger charge is -2.36. The van der Waals surface area contributed by atoms with Crippen molar-refractivity contribution in [3.8, 4) is 0 Å². The van der Waals surface area contributed by atoms with Crippen LogP contribution in [0.3, 0.4) is 0 Å². The number of carbonyl (C=O) groups excluding carboxylic acids is 2. The van der Waals surface area contributed by atoms with Crippen molar-refractivity contribution in [1.29, 1.82) is 0 Å². The average Bonchev–Trinajstić information content (AvgIpc) is 3.34. The summed E-state index contributed by atoms with van der Waals surface area (Å²) in [7, 11) is -3.82. The minimum atomic E-state index is -3.82. The number of sulfonamides is 1. The van der Waals surface area contributed by atoms with E-state index < -0.39 is 21.9 Å². The van der Waals surface area contributed by atoms with Gasteiger partial charge in [0.2, 0.25) is 21.8 Å². The second kappa shape index (κ2) is 13.2. The summed E-state index contributed by atoms with van der Waals surface area (Å²) in [6.45, 7) is 1.36. The van der Waals surface area contributed by atoms with Crippen LogP contribution < -0.4 is 26.6 Å². The normalized spacial score (nSPS) is 23.7. The van der Waals surface area contributed by atoms with Crippen LogP contribution in [0.4, 0.5) is 20.3 Å². The van der Waals surface area contributed by atoms with E-state index in [2.05, 4.69) is 10.3 Å². The molecule has 2 aromatic rings. The van der Waals surface area contributed by atoms with Crippen LogP contribution in [-0.4, -0.2) is 80.9 Å². The highest BCUT2D eigenvalue weighted by Gasteiger charge is 2.44. The van der Waals surface area contributed by atoms with Gasteiger partial charge >= 0.3 is 0 Å². The number of amides is 2. The summed E-state index contributed by atoms with van der Waals surface area (Å²) in [6.07, 6.45) is 1.85. The van der Waals surface area contributed by atoms with Crippen molar-refractivity contribution >= 4 is 44.9 Å². The van der Waals surface area contributed by atoms with Crippen molar-refractivity contribution in [2.75, 3.05) is 49.1 Å². The molecule has 3 fully saturated rings. The molecule has 5 rings (SSSR count). The Hall–Kier alpha value is -2.91. The highest BCUT2D eigenvalue weighted by atomic mass is 35.5. The predicted octanol–water partition coefficient (Wildman–Crippen LogP) is 2.43. The number of benzene rings is 1. The van der Waals surface area contributed by atoms with Crippen molar-refractivity contribution in [2.24, 2.45) is 17.4 Å². The Kier molecular flexibility index (Phi) is 9.75. The Bertz CT molecular complexity index is 1460. The lowest BCUT2D eigenvalue weighted by atomic mass is 9.80. The van der Waals surface area contributed by atoms with E-state index >= 15 is 8.78 Å². The molecule has 44 heavy (non-hydrogen) atoms. The van der Waals surface area contributed by atoms with E-state index in [1.165, 1.54) is 28.6 Å². The molecule has 1 atom stereocenters. The van der Waals surface area contributed by atoms with Gasteiger partial charge < -0.3 is 26.6 Å². The lowest BCUT2D eigenvalue weighted by molar-refractivity contribution is -0.122. The fourth-order valence-corrected chi connectivity index (χ4v) is 7.82. The molecule has 3 heterocycles. The molecule has 2 aliphatic heterocycles. The van der Waals surface area contributed by atoms with Crippen LogP contribution in [0.5, 0.6) is 0 Å². The maximum atomic E-state index is 15.7.